The molecule has 0 aliphatic carbocycles. The first kappa shape index (κ1) is 15.2. The topological polar surface area (TPSA) is 49.8 Å². The highest BCUT2D eigenvalue weighted by molar-refractivity contribution is 5.86. The molecule has 3 heterocycles. The SMILES string of the molecule is Cc1ccc2c(c1)c1c(n2CCc2c[nH]c(C)cc2=O)CCNC1. The predicted octanol–water partition coefficient (Wildman–Crippen LogP) is 2.83. The van der Waals surface area contributed by atoms with Gasteiger partial charge in [0.15, 0.2) is 5.43 Å². The number of aromatic amines is 1. The van der Waals surface area contributed by atoms with Crippen LogP contribution in [0.25, 0.3) is 10.9 Å². The van der Waals surface area contributed by atoms with Crippen LogP contribution in [0.4, 0.5) is 0 Å². The molecular formula is C20H23N3O. The van der Waals surface area contributed by atoms with Crippen LogP contribution in [-0.2, 0) is 25.9 Å². The van der Waals surface area contributed by atoms with Gasteiger partial charge >= 0.3 is 0 Å². The van der Waals surface area contributed by atoms with E-state index in [9.17, 15) is 4.79 Å². The van der Waals surface area contributed by atoms with Crippen molar-refractivity contribution < 1.29 is 0 Å². The molecule has 4 nitrogen and oxygen atoms in total. The molecule has 0 unspecified atom stereocenters. The average Bonchev–Trinajstić information content (AvgIpc) is 2.88. The Labute approximate surface area is 141 Å². The molecule has 2 aromatic heterocycles. The summed E-state index contributed by atoms with van der Waals surface area (Å²) in [4.78, 5) is 15.3. The molecule has 1 aliphatic heterocycles. The minimum atomic E-state index is 0.133. The van der Waals surface area contributed by atoms with E-state index in [0.717, 1.165) is 43.7 Å². The standard InChI is InChI=1S/C20H23N3O/c1-13-3-4-18-16(9-13)17-12-21-7-5-19(17)23(18)8-6-15-11-22-14(2)10-20(15)24/h3-4,9-11,21H,5-8,12H2,1-2H3,(H,22,24). The van der Waals surface area contributed by atoms with Crippen molar-refractivity contribution in [3.63, 3.8) is 0 Å². The lowest BCUT2D eigenvalue weighted by Crippen LogP contribution is -2.25. The Morgan fingerprint density at radius 1 is 1.21 bits per heavy atom. The molecule has 4 heteroatoms. The second-order valence-electron chi connectivity index (χ2n) is 6.78. The smallest absolute Gasteiger partial charge is 0.185 e. The fraction of sp³-hybridized carbons (Fsp3) is 0.350. The monoisotopic (exact) mass is 321 g/mol. The lowest BCUT2D eigenvalue weighted by atomic mass is 10.0. The van der Waals surface area contributed by atoms with Crippen LogP contribution in [0.15, 0.2) is 35.3 Å². The summed E-state index contributed by atoms with van der Waals surface area (Å²) in [7, 11) is 0. The van der Waals surface area contributed by atoms with Crippen LogP contribution in [-0.4, -0.2) is 16.1 Å². The summed E-state index contributed by atoms with van der Waals surface area (Å²) in [5.74, 6) is 0. The summed E-state index contributed by atoms with van der Waals surface area (Å²) in [6.45, 7) is 6.86. The maximum absolute atomic E-state index is 12.2. The number of nitrogens with one attached hydrogen (secondary N) is 2. The largest absolute Gasteiger partial charge is 0.365 e. The number of aryl methyl sites for hydroxylation is 4. The van der Waals surface area contributed by atoms with E-state index >= 15 is 0 Å². The third kappa shape index (κ3) is 2.57. The van der Waals surface area contributed by atoms with Crippen LogP contribution in [0.2, 0.25) is 0 Å². The molecule has 4 rings (SSSR count). The minimum absolute atomic E-state index is 0.133. The Bertz CT molecular complexity index is 965. The Balaban J connectivity index is 1.75. The molecule has 0 saturated carbocycles. The van der Waals surface area contributed by atoms with Crippen molar-refractivity contribution in [3.05, 3.63) is 68.8 Å². The molecule has 0 spiro atoms. The van der Waals surface area contributed by atoms with Gasteiger partial charge in [0.25, 0.3) is 0 Å². The van der Waals surface area contributed by atoms with E-state index in [4.69, 9.17) is 0 Å². The van der Waals surface area contributed by atoms with E-state index in [1.165, 1.54) is 27.7 Å². The van der Waals surface area contributed by atoms with Gasteiger partial charge in [-0.15, -0.1) is 0 Å². The first-order valence-electron chi connectivity index (χ1n) is 8.63. The van der Waals surface area contributed by atoms with Crippen molar-refractivity contribution in [2.75, 3.05) is 6.54 Å². The Kier molecular flexibility index (Phi) is 3.77. The van der Waals surface area contributed by atoms with Gasteiger partial charge in [-0.3, -0.25) is 4.79 Å². The molecule has 0 bridgehead atoms. The minimum Gasteiger partial charge on any atom is -0.365 e. The Hall–Kier alpha value is -2.33. The highest BCUT2D eigenvalue weighted by Gasteiger charge is 2.19. The number of benzene rings is 1. The third-order valence-electron chi connectivity index (χ3n) is 5.03. The van der Waals surface area contributed by atoms with Crippen LogP contribution in [0.1, 0.15) is 28.1 Å². The number of H-pyrrole nitrogens is 1. The molecule has 2 N–H and O–H groups in total. The lowest BCUT2D eigenvalue weighted by molar-refractivity contribution is 0.594. The molecule has 124 valence electrons. The van der Waals surface area contributed by atoms with E-state index < -0.39 is 0 Å². The molecule has 1 aromatic carbocycles. The summed E-state index contributed by atoms with van der Waals surface area (Å²) < 4.78 is 2.42. The van der Waals surface area contributed by atoms with E-state index in [0.29, 0.717) is 0 Å². The highest BCUT2D eigenvalue weighted by Crippen LogP contribution is 2.29. The molecule has 0 saturated heterocycles. The number of nitrogens with zero attached hydrogens (tertiary/aromatic N) is 1. The Morgan fingerprint density at radius 2 is 2.08 bits per heavy atom. The van der Waals surface area contributed by atoms with Crippen molar-refractivity contribution in [1.82, 2.24) is 14.9 Å². The summed E-state index contributed by atoms with van der Waals surface area (Å²) in [5, 5.41) is 4.84. The molecular weight excluding hydrogens is 298 g/mol. The molecule has 0 fully saturated rings. The second kappa shape index (κ2) is 5.95. The van der Waals surface area contributed by atoms with E-state index in [1.54, 1.807) is 6.07 Å². The fourth-order valence-corrected chi connectivity index (χ4v) is 3.78. The zero-order valence-electron chi connectivity index (χ0n) is 14.3. The summed E-state index contributed by atoms with van der Waals surface area (Å²) in [6.07, 6.45) is 3.67. The molecule has 0 atom stereocenters. The van der Waals surface area contributed by atoms with Gasteiger partial charge in [-0.1, -0.05) is 11.6 Å². The highest BCUT2D eigenvalue weighted by atomic mass is 16.1. The molecule has 0 amide bonds. The summed E-state index contributed by atoms with van der Waals surface area (Å²) >= 11 is 0. The number of hydrogen-bond donors (Lipinski definition) is 2. The van der Waals surface area contributed by atoms with E-state index in [2.05, 4.69) is 40.0 Å². The second-order valence-corrected chi connectivity index (χ2v) is 6.78. The van der Waals surface area contributed by atoms with Crippen LogP contribution < -0.4 is 10.7 Å². The van der Waals surface area contributed by atoms with Crippen LogP contribution in [0, 0.1) is 13.8 Å². The van der Waals surface area contributed by atoms with Crippen LogP contribution in [0.5, 0.6) is 0 Å². The predicted molar refractivity (Wildman–Crippen MR) is 97.6 cm³/mol. The van der Waals surface area contributed by atoms with E-state index in [-0.39, 0.29) is 5.43 Å². The van der Waals surface area contributed by atoms with Crippen molar-refractivity contribution >= 4 is 10.9 Å². The van der Waals surface area contributed by atoms with Gasteiger partial charge in [0.1, 0.15) is 0 Å². The first-order valence-corrected chi connectivity index (χ1v) is 8.63. The van der Waals surface area contributed by atoms with Gasteiger partial charge in [0, 0.05) is 66.2 Å². The average molecular weight is 321 g/mol. The maximum atomic E-state index is 12.2. The van der Waals surface area contributed by atoms with Crippen molar-refractivity contribution in [2.24, 2.45) is 0 Å². The van der Waals surface area contributed by atoms with Crippen molar-refractivity contribution in [1.29, 1.82) is 0 Å². The van der Waals surface area contributed by atoms with Crippen LogP contribution in [0.3, 0.4) is 0 Å². The molecule has 0 radical (unpaired) electrons. The van der Waals surface area contributed by atoms with Gasteiger partial charge in [-0.2, -0.15) is 0 Å². The fourth-order valence-electron chi connectivity index (χ4n) is 3.78. The normalized spacial score (nSPS) is 14.1. The van der Waals surface area contributed by atoms with Gasteiger partial charge in [0.05, 0.1) is 0 Å². The Morgan fingerprint density at radius 3 is 2.92 bits per heavy atom. The third-order valence-corrected chi connectivity index (χ3v) is 5.03. The number of pyridine rings is 1. The summed E-state index contributed by atoms with van der Waals surface area (Å²) in [5.41, 5.74) is 7.34. The number of fused-ring (bicyclic) bond motifs is 3. The quantitative estimate of drug-likeness (QED) is 0.779. The number of rotatable bonds is 3. The van der Waals surface area contributed by atoms with Gasteiger partial charge in [-0.05, 0) is 38.0 Å². The summed E-state index contributed by atoms with van der Waals surface area (Å²) in [6, 6.07) is 8.38. The zero-order valence-corrected chi connectivity index (χ0v) is 14.3. The molecule has 24 heavy (non-hydrogen) atoms. The lowest BCUT2D eigenvalue weighted by Gasteiger charge is -2.17. The van der Waals surface area contributed by atoms with Gasteiger partial charge in [0.2, 0.25) is 0 Å². The van der Waals surface area contributed by atoms with E-state index in [1.807, 2.05) is 13.1 Å². The maximum Gasteiger partial charge on any atom is 0.185 e. The number of aromatic nitrogens is 2. The van der Waals surface area contributed by atoms with Gasteiger partial charge in [-0.25, -0.2) is 0 Å². The van der Waals surface area contributed by atoms with Crippen molar-refractivity contribution in [3.8, 4) is 0 Å². The molecule has 1 aliphatic rings. The zero-order chi connectivity index (χ0) is 16.7. The van der Waals surface area contributed by atoms with Gasteiger partial charge < -0.3 is 14.9 Å². The van der Waals surface area contributed by atoms with Crippen LogP contribution >= 0.6 is 0 Å². The van der Waals surface area contributed by atoms with Crippen molar-refractivity contribution in [2.45, 2.75) is 39.8 Å². The molecule has 3 aromatic rings. The first-order chi connectivity index (χ1) is 11.6. The number of hydrogen-bond acceptors (Lipinski definition) is 2.